The minimum Gasteiger partial charge on any atom is -0.444 e. The van der Waals surface area contributed by atoms with Gasteiger partial charge >= 0.3 is 6.09 Å². The lowest BCUT2D eigenvalue weighted by atomic mass is 10.1. The number of aromatic nitrogens is 4. The molecule has 0 atom stereocenters. The third-order valence-corrected chi connectivity index (χ3v) is 8.46. The van der Waals surface area contributed by atoms with Crippen molar-refractivity contribution in [1.82, 2.24) is 25.3 Å². The number of amides is 3. The molecule has 0 bridgehead atoms. The van der Waals surface area contributed by atoms with Crippen LogP contribution in [0.2, 0.25) is 0 Å². The van der Waals surface area contributed by atoms with Gasteiger partial charge in [0.2, 0.25) is 0 Å². The van der Waals surface area contributed by atoms with Gasteiger partial charge in [-0.05, 0) is 135 Å². The molecule has 6 rings (SSSR count). The zero-order chi connectivity index (χ0) is 41.9. The fourth-order valence-corrected chi connectivity index (χ4v) is 5.53. The quantitative estimate of drug-likeness (QED) is 0.0612. The Morgan fingerprint density at radius 3 is 1.44 bits per heavy atom. The molecule has 2 aromatic carbocycles. The molecule has 0 aliphatic carbocycles. The van der Waals surface area contributed by atoms with Crippen LogP contribution in [0.3, 0.4) is 0 Å². The molecule has 0 saturated heterocycles. The summed E-state index contributed by atoms with van der Waals surface area (Å²) in [5.41, 5.74) is 11.7. The molecule has 0 radical (unpaired) electrons. The third kappa shape index (κ3) is 14.7. The van der Waals surface area contributed by atoms with E-state index in [2.05, 4.69) is 46.5 Å². The summed E-state index contributed by atoms with van der Waals surface area (Å²) in [6.45, 7) is 7.64. The maximum Gasteiger partial charge on any atom is 0.407 e. The second-order valence-corrected chi connectivity index (χ2v) is 14.2. The lowest BCUT2D eigenvalue weighted by molar-refractivity contribution is 0.0528. The number of ether oxygens (including phenoxy) is 1. The van der Waals surface area contributed by atoms with Gasteiger partial charge in [0.25, 0.3) is 11.8 Å². The summed E-state index contributed by atoms with van der Waals surface area (Å²) >= 11 is 0. The normalized spacial score (nSPS) is 10.6. The highest BCUT2D eigenvalue weighted by molar-refractivity contribution is 6.08. The van der Waals surface area contributed by atoms with Crippen LogP contribution in [0.1, 0.15) is 63.7 Å². The number of nitrogens with two attached hydrogens (primary N) is 1. The summed E-state index contributed by atoms with van der Waals surface area (Å²) in [5.74, 6) is 0.597. The maximum atomic E-state index is 12.8. The molecule has 59 heavy (non-hydrogen) atoms. The van der Waals surface area contributed by atoms with Crippen LogP contribution in [0.4, 0.5) is 27.8 Å². The van der Waals surface area contributed by atoms with Crippen molar-refractivity contribution in [3.8, 4) is 0 Å². The van der Waals surface area contributed by atoms with E-state index in [-0.39, 0.29) is 11.8 Å². The number of hydrogen-bond acceptors (Lipinski definition) is 11. The molecular weight excluding hydrogens is 745 g/mol. The van der Waals surface area contributed by atoms with E-state index >= 15 is 0 Å². The Bertz CT molecular complexity index is 2230. The molecule has 0 spiro atoms. The third-order valence-electron chi connectivity index (χ3n) is 8.46. The number of benzene rings is 2. The summed E-state index contributed by atoms with van der Waals surface area (Å²) in [6.07, 6.45) is 11.3. The Hall–Kier alpha value is -7.19. The van der Waals surface area contributed by atoms with Gasteiger partial charge in [0.1, 0.15) is 17.2 Å². The highest BCUT2D eigenvalue weighted by Gasteiger charge is 2.16. The summed E-state index contributed by atoms with van der Waals surface area (Å²) in [7, 11) is 0. The lowest BCUT2D eigenvalue weighted by Gasteiger charge is -2.19. The summed E-state index contributed by atoms with van der Waals surface area (Å²) < 4.78 is 5.22. The molecule has 4 heterocycles. The number of alkyl carbamates (subject to hydrolysis) is 1. The molecule has 0 aliphatic heterocycles. The second-order valence-electron chi connectivity index (χ2n) is 14.2. The predicted molar refractivity (Wildman–Crippen MR) is 231 cm³/mol. The van der Waals surface area contributed by atoms with Crippen molar-refractivity contribution in [2.24, 2.45) is 5.73 Å². The zero-order valence-corrected chi connectivity index (χ0v) is 33.4. The van der Waals surface area contributed by atoms with Crippen molar-refractivity contribution in [2.75, 3.05) is 34.4 Å². The van der Waals surface area contributed by atoms with Gasteiger partial charge in [0, 0.05) is 68.2 Å². The largest absolute Gasteiger partial charge is 0.444 e. The summed E-state index contributed by atoms with van der Waals surface area (Å²) in [6, 6.07) is 29.8. The first-order valence-corrected chi connectivity index (χ1v) is 19.2. The number of nitrogens with one attached hydrogen (secondary N) is 5. The molecule has 0 aliphatic rings. The van der Waals surface area contributed by atoms with Crippen molar-refractivity contribution in [1.29, 1.82) is 0 Å². The minimum absolute atomic E-state index is 0.207. The number of carbonyl (C=O) groups is 3. The van der Waals surface area contributed by atoms with Crippen LogP contribution in [0.5, 0.6) is 0 Å². The van der Waals surface area contributed by atoms with Crippen molar-refractivity contribution in [3.63, 3.8) is 0 Å². The van der Waals surface area contributed by atoms with Gasteiger partial charge in [-0.3, -0.25) is 19.6 Å². The molecular formula is C45H50N10O4. The van der Waals surface area contributed by atoms with Crippen LogP contribution < -0.4 is 32.3 Å². The fraction of sp³-hybridized carbons (Fsp3) is 0.222. The zero-order valence-electron chi connectivity index (χ0n) is 33.4. The maximum absolute atomic E-state index is 12.8. The monoisotopic (exact) mass is 794 g/mol. The molecule has 14 heteroatoms. The van der Waals surface area contributed by atoms with Gasteiger partial charge in [-0.25, -0.2) is 14.8 Å². The van der Waals surface area contributed by atoms with Gasteiger partial charge in [-0.1, -0.05) is 24.3 Å². The molecule has 4 aromatic heterocycles. The van der Waals surface area contributed by atoms with E-state index in [1.807, 2.05) is 93.6 Å². The molecule has 0 fully saturated rings. The van der Waals surface area contributed by atoms with E-state index in [1.54, 1.807) is 61.4 Å². The van der Waals surface area contributed by atoms with Crippen molar-refractivity contribution >= 4 is 40.9 Å². The van der Waals surface area contributed by atoms with Crippen molar-refractivity contribution in [3.05, 3.63) is 168 Å². The van der Waals surface area contributed by atoms with E-state index in [4.69, 9.17) is 10.5 Å². The average Bonchev–Trinajstić information content (AvgIpc) is 3.24. The van der Waals surface area contributed by atoms with Crippen LogP contribution in [0.15, 0.2) is 134 Å². The SMILES string of the molecule is CC(C)(C)OC(=O)NCCc1ccc(NC(=O)c2cccnc2NCc2ccncc2)cc1.NCCc1ccc(NC(=O)c2cccnc2NCc2ccncc2)cc1. The van der Waals surface area contributed by atoms with Gasteiger partial charge in [-0.2, -0.15) is 0 Å². The number of nitrogens with zero attached hydrogens (tertiary/aromatic N) is 4. The van der Waals surface area contributed by atoms with Crippen LogP contribution in [0, 0.1) is 0 Å². The second kappa shape index (κ2) is 21.9. The molecule has 0 unspecified atom stereocenters. The standard InChI is InChI=1S/C25H29N5O3.C20H21N5O/c1-25(2,3)33-24(32)28-16-12-18-6-8-20(9-7-18)30-23(31)21-5-4-13-27-22(21)29-17-19-10-14-26-15-11-19;21-10-7-15-3-5-17(6-4-15)25-20(26)18-2-1-11-23-19(18)24-14-16-8-12-22-13-9-16/h4-11,13-15H,12,16-17H2,1-3H3,(H,27,29)(H,28,32)(H,30,31);1-6,8-9,11-13H,7,10,14,21H2,(H,23,24)(H,25,26). The molecule has 304 valence electrons. The first kappa shape index (κ1) is 42.9. The Morgan fingerprint density at radius 1 is 0.576 bits per heavy atom. The van der Waals surface area contributed by atoms with Crippen LogP contribution in [-0.2, 0) is 30.7 Å². The number of anilines is 4. The van der Waals surface area contributed by atoms with Crippen LogP contribution in [0.25, 0.3) is 0 Å². The highest BCUT2D eigenvalue weighted by Crippen LogP contribution is 2.19. The first-order valence-electron chi connectivity index (χ1n) is 19.2. The molecule has 7 N–H and O–H groups in total. The minimum atomic E-state index is -0.521. The average molecular weight is 795 g/mol. The molecule has 6 aromatic rings. The fourth-order valence-electron chi connectivity index (χ4n) is 5.53. The van der Waals surface area contributed by atoms with Gasteiger partial charge < -0.3 is 37.1 Å². The van der Waals surface area contributed by atoms with E-state index in [1.165, 1.54) is 0 Å². The Balaban J connectivity index is 0.000000230. The Labute approximate surface area is 344 Å². The van der Waals surface area contributed by atoms with E-state index in [9.17, 15) is 14.4 Å². The predicted octanol–water partition coefficient (Wildman–Crippen LogP) is 7.25. The molecule has 14 nitrogen and oxygen atoms in total. The first-order chi connectivity index (χ1) is 28.6. The van der Waals surface area contributed by atoms with E-state index in [0.717, 1.165) is 34.4 Å². The Morgan fingerprint density at radius 2 is 1.02 bits per heavy atom. The van der Waals surface area contributed by atoms with Crippen molar-refractivity contribution < 1.29 is 19.1 Å². The van der Waals surface area contributed by atoms with Gasteiger partial charge in [-0.15, -0.1) is 0 Å². The highest BCUT2D eigenvalue weighted by atomic mass is 16.6. The topological polar surface area (TPSA) is 198 Å². The number of carbonyl (C=O) groups excluding carboxylic acids is 3. The van der Waals surface area contributed by atoms with E-state index in [0.29, 0.717) is 61.0 Å². The summed E-state index contributed by atoms with van der Waals surface area (Å²) in [5, 5.41) is 15.0. The van der Waals surface area contributed by atoms with Crippen LogP contribution in [-0.4, -0.2) is 56.5 Å². The van der Waals surface area contributed by atoms with E-state index < -0.39 is 11.7 Å². The molecule has 3 amide bonds. The van der Waals surface area contributed by atoms with Crippen LogP contribution >= 0.6 is 0 Å². The Kier molecular flexibility index (Phi) is 16.0. The number of rotatable bonds is 15. The number of hydrogen-bond donors (Lipinski definition) is 6. The smallest absolute Gasteiger partial charge is 0.407 e. The number of pyridine rings is 4. The van der Waals surface area contributed by atoms with Gasteiger partial charge in [0.15, 0.2) is 0 Å². The molecule has 0 saturated carbocycles. The van der Waals surface area contributed by atoms with Crippen molar-refractivity contribution in [2.45, 2.75) is 52.3 Å². The lowest BCUT2D eigenvalue weighted by Crippen LogP contribution is -2.33. The summed E-state index contributed by atoms with van der Waals surface area (Å²) in [4.78, 5) is 53.8. The van der Waals surface area contributed by atoms with Gasteiger partial charge in [0.05, 0.1) is 11.1 Å².